The van der Waals surface area contributed by atoms with Gasteiger partial charge in [0.05, 0.1) is 60.6 Å². The van der Waals surface area contributed by atoms with Crippen LogP contribution in [-0.4, -0.2) is 76.7 Å². The van der Waals surface area contributed by atoms with E-state index in [1.165, 1.54) is 68.3 Å². The van der Waals surface area contributed by atoms with Gasteiger partial charge in [0.1, 0.15) is 6.10 Å². The third kappa shape index (κ3) is 13.5. The van der Waals surface area contributed by atoms with Gasteiger partial charge >= 0.3 is 12.1 Å². The van der Waals surface area contributed by atoms with E-state index in [4.69, 9.17) is 9.84 Å². The lowest BCUT2D eigenvalue weighted by atomic mass is 9.98. The van der Waals surface area contributed by atoms with Crippen molar-refractivity contribution in [3.63, 3.8) is 0 Å². The van der Waals surface area contributed by atoms with Gasteiger partial charge in [-0.2, -0.15) is 20.4 Å². The number of fused-ring (bicyclic) bond motifs is 2. The summed E-state index contributed by atoms with van der Waals surface area (Å²) in [4.78, 5) is 54.6. The molecule has 18 heteroatoms. The fourth-order valence-electron chi connectivity index (χ4n) is 6.66. The number of anilines is 3. The zero-order valence-corrected chi connectivity index (χ0v) is 35.4. The van der Waals surface area contributed by atoms with E-state index in [-0.39, 0.29) is 44.4 Å². The standard InChI is InChI=1S/C21H23N5O3S.C15H12N4O3S.C6H12O.2CH4/c1-12-17(24-21(28)29-15-6-4-3-5-7-15)11-18(26-25-12)14-8-9-16-19(10-14)30-20(23-16)22-13(2)27;1-7-10(14(21)22)6-12(19-18-7)9-3-4-11-13(5-9)23-15(17-11)16-8(2)20;7-6-4-2-1-3-5-6;;/h8-11,15H,3-7H2,1-2H3,(H,22,23,27)(H,24,26,28);3-6H,1-2H3,(H,21,22)(H,16,17,20);6-7H,1-5H2;2*1H4. The van der Waals surface area contributed by atoms with E-state index in [1.807, 2.05) is 24.3 Å². The first-order chi connectivity index (χ1) is 28.8. The number of carbonyl (C=O) groups is 4. The number of aromatic nitrogens is 6. The molecule has 2 saturated carbocycles. The van der Waals surface area contributed by atoms with Gasteiger partial charge in [-0.05, 0) is 88.8 Å². The van der Waals surface area contributed by atoms with Crippen molar-refractivity contribution in [1.29, 1.82) is 0 Å². The molecule has 2 fully saturated rings. The Labute approximate surface area is 369 Å². The van der Waals surface area contributed by atoms with Gasteiger partial charge in [-0.1, -0.05) is 75.3 Å². The fraction of sp³-hybridized carbons (Fsp3) is 0.409. The van der Waals surface area contributed by atoms with E-state index < -0.39 is 12.1 Å². The van der Waals surface area contributed by atoms with E-state index >= 15 is 0 Å². The molecule has 0 radical (unpaired) electrons. The maximum absolute atomic E-state index is 12.3. The van der Waals surface area contributed by atoms with Crippen molar-refractivity contribution >= 4 is 82.9 Å². The smallest absolute Gasteiger partial charge is 0.411 e. The Morgan fingerprint density at radius 2 is 1.13 bits per heavy atom. The summed E-state index contributed by atoms with van der Waals surface area (Å²) in [5, 5.41) is 43.7. The number of carboxylic acid groups (broad SMARTS) is 1. The van der Waals surface area contributed by atoms with Crippen molar-refractivity contribution in [1.82, 2.24) is 30.4 Å². The molecule has 0 atom stereocenters. The molecule has 0 bridgehead atoms. The monoisotopic (exact) mass is 885 g/mol. The van der Waals surface area contributed by atoms with Crippen LogP contribution in [0.15, 0.2) is 48.5 Å². The molecule has 2 aliphatic rings. The Bertz CT molecular complexity index is 2500. The fourth-order valence-corrected chi connectivity index (χ4v) is 8.56. The number of benzene rings is 2. The van der Waals surface area contributed by atoms with Gasteiger partial charge in [0, 0.05) is 25.0 Å². The predicted octanol–water partition coefficient (Wildman–Crippen LogP) is 10.2. The molecule has 2 aromatic carbocycles. The molecule has 62 heavy (non-hydrogen) atoms. The summed E-state index contributed by atoms with van der Waals surface area (Å²) in [6.07, 6.45) is 10.7. The van der Waals surface area contributed by atoms with Crippen molar-refractivity contribution < 1.29 is 34.1 Å². The number of carbonyl (C=O) groups excluding carboxylic acids is 3. The molecule has 0 aliphatic heterocycles. The van der Waals surface area contributed by atoms with Crippen LogP contribution in [-0.2, 0) is 14.3 Å². The Morgan fingerprint density at radius 1 is 0.645 bits per heavy atom. The summed E-state index contributed by atoms with van der Waals surface area (Å²) in [6, 6.07) is 14.5. The Balaban J connectivity index is 0.000000234. The molecule has 0 unspecified atom stereocenters. The number of rotatable bonds is 7. The number of carboxylic acids is 1. The van der Waals surface area contributed by atoms with Crippen LogP contribution >= 0.6 is 22.7 Å². The van der Waals surface area contributed by atoms with Crippen molar-refractivity contribution in [2.45, 2.75) is 119 Å². The van der Waals surface area contributed by atoms with Crippen LogP contribution in [0.2, 0.25) is 0 Å². The zero-order chi connectivity index (χ0) is 42.8. The molecular weight excluding hydrogens is 831 g/mol. The first kappa shape index (κ1) is 48.7. The molecule has 0 saturated heterocycles. The summed E-state index contributed by atoms with van der Waals surface area (Å²) in [5.41, 5.74) is 5.92. The van der Waals surface area contributed by atoms with Gasteiger partial charge in [-0.3, -0.25) is 14.9 Å². The summed E-state index contributed by atoms with van der Waals surface area (Å²) in [6.45, 7) is 6.27. The number of nitrogens with one attached hydrogen (secondary N) is 3. The summed E-state index contributed by atoms with van der Waals surface area (Å²) >= 11 is 2.73. The maximum atomic E-state index is 12.3. The molecular formula is C44H55N9O7S2. The van der Waals surface area contributed by atoms with E-state index in [0.29, 0.717) is 38.7 Å². The van der Waals surface area contributed by atoms with Crippen molar-refractivity contribution in [2.75, 3.05) is 16.0 Å². The number of hydrogen-bond acceptors (Lipinski definition) is 14. The van der Waals surface area contributed by atoms with Gasteiger partial charge in [-0.15, -0.1) is 0 Å². The van der Waals surface area contributed by atoms with Crippen LogP contribution in [0.5, 0.6) is 0 Å². The number of nitrogens with zero attached hydrogens (tertiary/aromatic N) is 6. The summed E-state index contributed by atoms with van der Waals surface area (Å²) < 4.78 is 7.34. The van der Waals surface area contributed by atoms with Gasteiger partial charge in [0.2, 0.25) is 11.8 Å². The molecule has 4 heterocycles. The van der Waals surface area contributed by atoms with Crippen LogP contribution in [0.3, 0.4) is 0 Å². The highest BCUT2D eigenvalue weighted by molar-refractivity contribution is 7.22. The van der Waals surface area contributed by atoms with Crippen LogP contribution in [0.4, 0.5) is 20.7 Å². The highest BCUT2D eigenvalue weighted by atomic mass is 32.1. The minimum Gasteiger partial charge on any atom is -0.478 e. The second kappa shape index (κ2) is 22.7. The number of ether oxygens (including phenoxy) is 1. The van der Waals surface area contributed by atoms with Crippen LogP contribution in [0.1, 0.15) is 115 Å². The van der Waals surface area contributed by atoms with E-state index in [1.54, 1.807) is 32.0 Å². The highest BCUT2D eigenvalue weighted by Gasteiger charge is 2.19. The lowest BCUT2D eigenvalue weighted by molar-refractivity contribution is -0.115. The number of aliphatic hydroxyl groups is 1. The lowest BCUT2D eigenvalue weighted by Crippen LogP contribution is -2.24. The summed E-state index contributed by atoms with van der Waals surface area (Å²) in [5.74, 6) is -1.38. The normalized spacial score (nSPS) is 13.8. The average Bonchev–Trinajstić information content (AvgIpc) is 3.81. The van der Waals surface area contributed by atoms with E-state index in [0.717, 1.165) is 70.1 Å². The largest absolute Gasteiger partial charge is 0.478 e. The third-order valence-corrected chi connectivity index (χ3v) is 11.6. The van der Waals surface area contributed by atoms with Gasteiger partial charge < -0.3 is 25.6 Å². The number of thiazole rings is 2. The molecule has 16 nitrogen and oxygen atoms in total. The second-order valence-electron chi connectivity index (χ2n) is 14.6. The maximum Gasteiger partial charge on any atom is 0.411 e. The molecule has 330 valence electrons. The molecule has 3 amide bonds. The highest BCUT2D eigenvalue weighted by Crippen LogP contribution is 2.32. The van der Waals surface area contributed by atoms with Crippen molar-refractivity contribution in [2.24, 2.45) is 0 Å². The minimum atomic E-state index is -1.04. The lowest BCUT2D eigenvalue weighted by Gasteiger charge is -2.22. The number of aliphatic hydroxyl groups excluding tert-OH is 1. The molecule has 2 aliphatic carbocycles. The first-order valence-electron chi connectivity index (χ1n) is 19.8. The van der Waals surface area contributed by atoms with Crippen molar-refractivity contribution in [3.05, 3.63) is 65.5 Å². The number of hydrogen-bond donors (Lipinski definition) is 5. The Kier molecular flexibility index (Phi) is 17.9. The van der Waals surface area contributed by atoms with Gasteiger partial charge in [0.25, 0.3) is 0 Å². The van der Waals surface area contributed by atoms with Crippen LogP contribution in [0.25, 0.3) is 42.9 Å². The number of aryl methyl sites for hydroxylation is 2. The van der Waals surface area contributed by atoms with Crippen LogP contribution in [0, 0.1) is 13.8 Å². The second-order valence-corrected chi connectivity index (χ2v) is 16.7. The number of amides is 3. The quantitative estimate of drug-likeness (QED) is 0.101. The summed E-state index contributed by atoms with van der Waals surface area (Å²) in [7, 11) is 0. The van der Waals surface area contributed by atoms with Crippen molar-refractivity contribution in [3.8, 4) is 22.5 Å². The first-order valence-corrected chi connectivity index (χ1v) is 21.4. The van der Waals surface area contributed by atoms with Gasteiger partial charge in [0.15, 0.2) is 10.3 Å². The van der Waals surface area contributed by atoms with E-state index in [9.17, 15) is 24.3 Å². The Morgan fingerprint density at radius 3 is 1.60 bits per heavy atom. The topological polar surface area (TPSA) is 231 Å². The molecule has 8 rings (SSSR count). The predicted molar refractivity (Wildman–Crippen MR) is 246 cm³/mol. The van der Waals surface area contributed by atoms with E-state index in [2.05, 4.69) is 46.3 Å². The third-order valence-electron chi connectivity index (χ3n) is 9.76. The molecule has 5 N–H and O–H groups in total. The Hall–Kier alpha value is -5.98. The molecule has 0 spiro atoms. The zero-order valence-electron chi connectivity index (χ0n) is 33.8. The number of aromatic carboxylic acids is 1. The minimum absolute atomic E-state index is 0. The van der Waals surface area contributed by atoms with Crippen LogP contribution < -0.4 is 16.0 Å². The van der Waals surface area contributed by atoms with Gasteiger partial charge in [-0.25, -0.2) is 19.6 Å². The average molecular weight is 886 g/mol. The SMILES string of the molecule is C.C.CC(=O)Nc1nc2ccc(-c3cc(C(=O)O)c(C)nn3)cc2s1.CC(=O)Nc1nc2ccc(-c3cc(NC(=O)OC4CCCCC4)c(C)nn3)cc2s1.OC1CCCCC1. The molecule has 4 aromatic heterocycles. The molecule has 6 aromatic rings.